The largest absolute Gasteiger partial charge is 0.409 e. The molecule has 104 valence electrons. The highest BCUT2D eigenvalue weighted by atomic mass is 16.4. The van der Waals surface area contributed by atoms with Crippen molar-refractivity contribution in [1.29, 1.82) is 0 Å². The maximum absolute atomic E-state index is 12.2. The first-order valence-corrected chi connectivity index (χ1v) is 6.40. The van der Waals surface area contributed by atoms with Crippen LogP contribution in [0.2, 0.25) is 0 Å². The van der Waals surface area contributed by atoms with Gasteiger partial charge in [0.1, 0.15) is 0 Å². The monoisotopic (exact) mass is 263 g/mol. The van der Waals surface area contributed by atoms with E-state index in [4.69, 9.17) is 10.9 Å². The molecule has 0 radical (unpaired) electrons. The van der Waals surface area contributed by atoms with Gasteiger partial charge in [-0.2, -0.15) is 0 Å². The number of amidine groups is 1. The highest BCUT2D eigenvalue weighted by molar-refractivity contribution is 5.98. The molecular formula is C14H21N3O2. The van der Waals surface area contributed by atoms with Crippen molar-refractivity contribution in [3.05, 3.63) is 29.8 Å². The van der Waals surface area contributed by atoms with Crippen molar-refractivity contribution in [2.45, 2.75) is 26.7 Å². The van der Waals surface area contributed by atoms with Gasteiger partial charge >= 0.3 is 0 Å². The number of benzene rings is 1. The van der Waals surface area contributed by atoms with E-state index in [0.29, 0.717) is 5.56 Å². The second kappa shape index (κ2) is 6.78. The fraction of sp³-hybridized carbons (Fsp3) is 0.429. The molecule has 0 saturated heterocycles. The average molecular weight is 263 g/mol. The van der Waals surface area contributed by atoms with E-state index in [2.05, 4.69) is 5.16 Å². The standard InChI is InChI=1S/C14H21N3O2/c1-4-10(5-2)14(18)17(3)12-8-6-11(7-9-12)13(15)16-19/h6-10,19H,4-5H2,1-3H3,(H2,15,16). The van der Waals surface area contributed by atoms with Gasteiger partial charge in [-0.25, -0.2) is 0 Å². The lowest BCUT2D eigenvalue weighted by atomic mass is 10.0. The summed E-state index contributed by atoms with van der Waals surface area (Å²) in [5.41, 5.74) is 6.91. The fourth-order valence-corrected chi connectivity index (χ4v) is 1.95. The van der Waals surface area contributed by atoms with Crippen molar-refractivity contribution in [2.75, 3.05) is 11.9 Å². The maximum Gasteiger partial charge on any atom is 0.229 e. The van der Waals surface area contributed by atoms with Gasteiger partial charge in [-0.3, -0.25) is 4.79 Å². The van der Waals surface area contributed by atoms with E-state index in [1.165, 1.54) is 0 Å². The highest BCUT2D eigenvalue weighted by Gasteiger charge is 2.19. The molecule has 0 atom stereocenters. The normalized spacial score (nSPS) is 11.7. The maximum atomic E-state index is 12.2. The van der Waals surface area contributed by atoms with Crippen LogP contribution >= 0.6 is 0 Å². The SMILES string of the molecule is CCC(CC)C(=O)N(C)c1ccc(C(N)=NO)cc1. The van der Waals surface area contributed by atoms with Crippen LogP contribution in [-0.4, -0.2) is 24.0 Å². The number of nitrogens with zero attached hydrogens (tertiary/aromatic N) is 2. The molecule has 0 spiro atoms. The zero-order valence-electron chi connectivity index (χ0n) is 11.6. The predicted octanol–water partition coefficient (Wildman–Crippen LogP) is 2.18. The van der Waals surface area contributed by atoms with Crippen molar-refractivity contribution < 1.29 is 10.0 Å². The van der Waals surface area contributed by atoms with Gasteiger partial charge in [0.25, 0.3) is 0 Å². The average Bonchev–Trinajstić information content (AvgIpc) is 2.47. The first-order valence-electron chi connectivity index (χ1n) is 6.40. The summed E-state index contributed by atoms with van der Waals surface area (Å²) in [5.74, 6) is 0.218. The molecule has 5 nitrogen and oxygen atoms in total. The van der Waals surface area contributed by atoms with Crippen LogP contribution in [0.25, 0.3) is 0 Å². The van der Waals surface area contributed by atoms with Crippen LogP contribution in [0, 0.1) is 5.92 Å². The summed E-state index contributed by atoms with van der Waals surface area (Å²) in [4.78, 5) is 13.9. The molecule has 0 aliphatic carbocycles. The molecule has 1 aromatic carbocycles. The molecule has 19 heavy (non-hydrogen) atoms. The van der Waals surface area contributed by atoms with Gasteiger partial charge in [-0.05, 0) is 37.1 Å². The third-order valence-corrected chi connectivity index (χ3v) is 3.32. The van der Waals surface area contributed by atoms with Crippen molar-refractivity contribution in [3.8, 4) is 0 Å². The van der Waals surface area contributed by atoms with Crippen LogP contribution in [0.5, 0.6) is 0 Å². The second-order valence-electron chi connectivity index (χ2n) is 4.44. The number of nitrogens with two attached hydrogens (primary N) is 1. The predicted molar refractivity (Wildman–Crippen MR) is 76.4 cm³/mol. The molecule has 0 aromatic heterocycles. The number of rotatable bonds is 5. The van der Waals surface area contributed by atoms with E-state index < -0.39 is 0 Å². The van der Waals surface area contributed by atoms with Crippen molar-refractivity contribution in [3.63, 3.8) is 0 Å². The van der Waals surface area contributed by atoms with Crippen molar-refractivity contribution in [1.82, 2.24) is 0 Å². The summed E-state index contributed by atoms with van der Waals surface area (Å²) < 4.78 is 0. The van der Waals surface area contributed by atoms with Gasteiger partial charge in [-0.15, -0.1) is 0 Å². The van der Waals surface area contributed by atoms with E-state index in [-0.39, 0.29) is 17.7 Å². The van der Waals surface area contributed by atoms with Gasteiger partial charge < -0.3 is 15.8 Å². The molecule has 1 amide bonds. The molecule has 0 heterocycles. The number of oxime groups is 1. The van der Waals surface area contributed by atoms with E-state index in [0.717, 1.165) is 18.5 Å². The van der Waals surface area contributed by atoms with Crippen LogP contribution in [0.4, 0.5) is 5.69 Å². The molecule has 0 aliphatic heterocycles. The number of hydrogen-bond acceptors (Lipinski definition) is 3. The summed E-state index contributed by atoms with van der Waals surface area (Å²) in [5, 5.41) is 11.5. The molecule has 5 heteroatoms. The van der Waals surface area contributed by atoms with E-state index in [1.54, 1.807) is 36.2 Å². The van der Waals surface area contributed by atoms with Gasteiger partial charge in [0, 0.05) is 24.2 Å². The Balaban J connectivity index is 2.89. The van der Waals surface area contributed by atoms with Crippen LogP contribution in [0.3, 0.4) is 0 Å². The lowest BCUT2D eigenvalue weighted by Gasteiger charge is -2.22. The van der Waals surface area contributed by atoms with Gasteiger partial charge in [0.15, 0.2) is 5.84 Å². The first kappa shape index (κ1) is 15.0. The Kier molecular flexibility index (Phi) is 5.36. The zero-order chi connectivity index (χ0) is 14.4. The lowest BCUT2D eigenvalue weighted by Crippen LogP contribution is -2.32. The minimum absolute atomic E-state index is 0.0498. The van der Waals surface area contributed by atoms with Crippen LogP contribution in [-0.2, 0) is 4.79 Å². The Morgan fingerprint density at radius 2 is 1.84 bits per heavy atom. The van der Waals surface area contributed by atoms with Crippen LogP contribution in [0.15, 0.2) is 29.4 Å². The molecule has 0 aliphatic rings. The number of hydrogen-bond donors (Lipinski definition) is 2. The molecule has 0 unspecified atom stereocenters. The fourth-order valence-electron chi connectivity index (χ4n) is 1.95. The van der Waals surface area contributed by atoms with Crippen molar-refractivity contribution in [2.24, 2.45) is 16.8 Å². The molecule has 1 aromatic rings. The summed E-state index contributed by atoms with van der Waals surface area (Å²) in [7, 11) is 1.76. The Bertz CT molecular complexity index is 450. The molecular weight excluding hydrogens is 242 g/mol. The summed E-state index contributed by atoms with van der Waals surface area (Å²) in [6.45, 7) is 4.03. The topological polar surface area (TPSA) is 78.9 Å². The highest BCUT2D eigenvalue weighted by Crippen LogP contribution is 2.19. The molecule has 0 fully saturated rings. The number of amides is 1. The van der Waals surface area contributed by atoms with Crippen LogP contribution < -0.4 is 10.6 Å². The smallest absolute Gasteiger partial charge is 0.229 e. The quantitative estimate of drug-likeness (QED) is 0.370. The lowest BCUT2D eigenvalue weighted by molar-refractivity contribution is -0.122. The van der Waals surface area contributed by atoms with Gasteiger partial charge in [0.2, 0.25) is 5.91 Å². The number of carbonyl (C=O) groups excluding carboxylic acids is 1. The molecule has 0 saturated carbocycles. The molecule has 1 rings (SSSR count). The first-order chi connectivity index (χ1) is 9.04. The van der Waals surface area contributed by atoms with Crippen molar-refractivity contribution >= 4 is 17.4 Å². The Hall–Kier alpha value is -2.04. The van der Waals surface area contributed by atoms with Gasteiger partial charge in [0.05, 0.1) is 0 Å². The van der Waals surface area contributed by atoms with Crippen LogP contribution in [0.1, 0.15) is 32.3 Å². The third-order valence-electron chi connectivity index (χ3n) is 3.32. The Morgan fingerprint density at radius 1 is 1.32 bits per heavy atom. The minimum atomic E-state index is 0.0498. The molecule has 0 bridgehead atoms. The molecule has 3 N–H and O–H groups in total. The van der Waals surface area contributed by atoms with E-state index >= 15 is 0 Å². The number of anilines is 1. The minimum Gasteiger partial charge on any atom is -0.409 e. The van der Waals surface area contributed by atoms with E-state index in [9.17, 15) is 4.79 Å². The van der Waals surface area contributed by atoms with E-state index in [1.807, 2.05) is 13.8 Å². The second-order valence-corrected chi connectivity index (χ2v) is 4.44. The number of carbonyl (C=O) groups is 1. The summed E-state index contributed by atoms with van der Waals surface area (Å²) in [6.07, 6.45) is 1.67. The third kappa shape index (κ3) is 3.47. The zero-order valence-corrected chi connectivity index (χ0v) is 11.6. The Labute approximate surface area is 113 Å². The summed E-state index contributed by atoms with van der Waals surface area (Å²) >= 11 is 0. The Morgan fingerprint density at radius 3 is 2.26 bits per heavy atom. The summed E-state index contributed by atoms with van der Waals surface area (Å²) in [6, 6.07) is 7.02. The van der Waals surface area contributed by atoms with Gasteiger partial charge in [-0.1, -0.05) is 19.0 Å².